The summed E-state index contributed by atoms with van der Waals surface area (Å²) in [5, 5.41) is 3.04. The van der Waals surface area contributed by atoms with Crippen molar-refractivity contribution < 1.29 is 23.9 Å². The Labute approximate surface area is 148 Å². The molecule has 3 rings (SSSR count). The number of nitrogens with one attached hydrogen (secondary N) is 1. The topological polar surface area (TPSA) is 81.7 Å². The van der Waals surface area contributed by atoms with Gasteiger partial charge in [-0.1, -0.05) is 29.8 Å². The SMILES string of the molecule is COC(=O)c1ccccc1NC(=O)[C@@H]1Cc2ccc(Cl)cc2C(=O)O1. The van der Waals surface area contributed by atoms with Crippen LogP contribution in [-0.4, -0.2) is 31.1 Å². The van der Waals surface area contributed by atoms with Crippen molar-refractivity contribution in [1.29, 1.82) is 0 Å². The molecule has 1 amide bonds. The highest BCUT2D eigenvalue weighted by atomic mass is 35.5. The molecule has 0 saturated carbocycles. The van der Waals surface area contributed by atoms with Crippen LogP contribution in [0.25, 0.3) is 0 Å². The molecule has 0 fully saturated rings. The van der Waals surface area contributed by atoms with E-state index in [2.05, 4.69) is 5.32 Å². The first-order valence-corrected chi connectivity index (χ1v) is 7.85. The van der Waals surface area contributed by atoms with Crippen molar-refractivity contribution in [1.82, 2.24) is 0 Å². The van der Waals surface area contributed by atoms with Gasteiger partial charge >= 0.3 is 11.9 Å². The second kappa shape index (κ2) is 6.94. The van der Waals surface area contributed by atoms with Crippen molar-refractivity contribution in [3.05, 3.63) is 64.2 Å². The number of rotatable bonds is 3. The molecular formula is C18H14ClNO5. The van der Waals surface area contributed by atoms with Gasteiger partial charge in [0.2, 0.25) is 0 Å². The van der Waals surface area contributed by atoms with Gasteiger partial charge in [-0.25, -0.2) is 9.59 Å². The number of para-hydroxylation sites is 1. The van der Waals surface area contributed by atoms with E-state index in [1.165, 1.54) is 19.2 Å². The van der Waals surface area contributed by atoms with Gasteiger partial charge < -0.3 is 14.8 Å². The van der Waals surface area contributed by atoms with Crippen LogP contribution in [0.4, 0.5) is 5.69 Å². The molecular weight excluding hydrogens is 346 g/mol. The fourth-order valence-corrected chi connectivity index (χ4v) is 2.76. The Balaban J connectivity index is 1.80. The predicted octanol–water partition coefficient (Wildman–Crippen LogP) is 2.85. The summed E-state index contributed by atoms with van der Waals surface area (Å²) in [6, 6.07) is 11.3. The zero-order valence-corrected chi connectivity index (χ0v) is 14.0. The lowest BCUT2D eigenvalue weighted by molar-refractivity contribution is -0.125. The van der Waals surface area contributed by atoms with Crippen molar-refractivity contribution in [2.45, 2.75) is 12.5 Å². The van der Waals surface area contributed by atoms with Crippen LogP contribution >= 0.6 is 11.6 Å². The molecule has 25 heavy (non-hydrogen) atoms. The zero-order valence-electron chi connectivity index (χ0n) is 13.2. The van der Waals surface area contributed by atoms with Crippen LogP contribution in [0.2, 0.25) is 5.02 Å². The van der Waals surface area contributed by atoms with Crippen molar-refractivity contribution >= 4 is 35.1 Å². The third-order valence-corrected chi connectivity index (χ3v) is 4.06. The summed E-state index contributed by atoms with van der Waals surface area (Å²) in [6.07, 6.45) is -0.767. The zero-order chi connectivity index (χ0) is 18.0. The number of carbonyl (C=O) groups is 3. The van der Waals surface area contributed by atoms with Gasteiger partial charge in [0.05, 0.1) is 23.9 Å². The van der Waals surface area contributed by atoms with Gasteiger partial charge in [-0.2, -0.15) is 0 Å². The van der Waals surface area contributed by atoms with Gasteiger partial charge in [-0.15, -0.1) is 0 Å². The van der Waals surface area contributed by atoms with Crippen molar-refractivity contribution in [2.75, 3.05) is 12.4 Å². The Hall–Kier alpha value is -2.86. The fourth-order valence-electron chi connectivity index (χ4n) is 2.59. The summed E-state index contributed by atoms with van der Waals surface area (Å²) in [5.41, 5.74) is 1.54. The van der Waals surface area contributed by atoms with E-state index in [0.29, 0.717) is 16.1 Å². The second-order valence-corrected chi connectivity index (χ2v) is 5.86. The first-order valence-electron chi connectivity index (χ1n) is 7.47. The van der Waals surface area contributed by atoms with Crippen LogP contribution in [-0.2, 0) is 20.7 Å². The Morgan fingerprint density at radius 2 is 2.00 bits per heavy atom. The minimum Gasteiger partial charge on any atom is -0.465 e. The maximum Gasteiger partial charge on any atom is 0.339 e. The molecule has 0 spiro atoms. The maximum absolute atomic E-state index is 12.5. The lowest BCUT2D eigenvalue weighted by Gasteiger charge is -2.24. The molecule has 1 N–H and O–H groups in total. The quantitative estimate of drug-likeness (QED) is 0.852. The molecule has 7 heteroatoms. The maximum atomic E-state index is 12.5. The number of esters is 2. The number of cyclic esters (lactones) is 1. The number of carbonyl (C=O) groups excluding carboxylic acids is 3. The van der Waals surface area contributed by atoms with Crippen LogP contribution in [0.3, 0.4) is 0 Å². The third-order valence-electron chi connectivity index (χ3n) is 3.83. The van der Waals surface area contributed by atoms with Crippen molar-refractivity contribution in [3.63, 3.8) is 0 Å². The average Bonchev–Trinajstić information content (AvgIpc) is 2.62. The molecule has 1 aliphatic rings. The van der Waals surface area contributed by atoms with Crippen LogP contribution in [0.15, 0.2) is 42.5 Å². The smallest absolute Gasteiger partial charge is 0.339 e. The minimum atomic E-state index is -0.994. The summed E-state index contributed by atoms with van der Waals surface area (Å²) in [6.45, 7) is 0. The Kier molecular flexibility index (Phi) is 4.72. The molecule has 0 radical (unpaired) electrons. The van der Waals surface area contributed by atoms with E-state index in [0.717, 1.165) is 0 Å². The van der Waals surface area contributed by atoms with Gasteiger partial charge in [0.15, 0.2) is 6.10 Å². The fraction of sp³-hybridized carbons (Fsp3) is 0.167. The van der Waals surface area contributed by atoms with E-state index in [9.17, 15) is 14.4 Å². The summed E-state index contributed by atoms with van der Waals surface area (Å²) in [7, 11) is 1.26. The lowest BCUT2D eigenvalue weighted by atomic mass is 9.98. The monoisotopic (exact) mass is 359 g/mol. The van der Waals surface area contributed by atoms with Gasteiger partial charge in [0.25, 0.3) is 5.91 Å². The van der Waals surface area contributed by atoms with Gasteiger partial charge in [0, 0.05) is 11.4 Å². The number of methoxy groups -OCH3 is 1. The van der Waals surface area contributed by atoms with Crippen LogP contribution in [0.1, 0.15) is 26.3 Å². The summed E-state index contributed by atoms with van der Waals surface area (Å²) < 4.78 is 9.89. The first kappa shape index (κ1) is 17.0. The lowest BCUT2D eigenvalue weighted by Crippen LogP contribution is -2.38. The normalized spacial score (nSPS) is 15.8. The molecule has 2 aromatic rings. The van der Waals surface area contributed by atoms with Crippen LogP contribution in [0.5, 0.6) is 0 Å². The van der Waals surface area contributed by atoms with E-state index in [1.807, 2.05) is 0 Å². The van der Waals surface area contributed by atoms with E-state index in [1.54, 1.807) is 30.3 Å². The summed E-state index contributed by atoms with van der Waals surface area (Å²) in [4.78, 5) is 36.3. The number of hydrogen-bond acceptors (Lipinski definition) is 5. The Morgan fingerprint density at radius 1 is 1.24 bits per heavy atom. The van der Waals surface area contributed by atoms with Crippen molar-refractivity contribution in [2.24, 2.45) is 0 Å². The van der Waals surface area contributed by atoms with Crippen molar-refractivity contribution in [3.8, 4) is 0 Å². The Morgan fingerprint density at radius 3 is 2.76 bits per heavy atom. The van der Waals surface area contributed by atoms with Gasteiger partial charge in [0.1, 0.15) is 0 Å². The molecule has 6 nitrogen and oxygen atoms in total. The summed E-state index contributed by atoms with van der Waals surface area (Å²) >= 11 is 5.88. The first-order chi connectivity index (χ1) is 12.0. The molecule has 1 aliphatic heterocycles. The molecule has 0 saturated heterocycles. The highest BCUT2D eigenvalue weighted by Gasteiger charge is 2.32. The average molecular weight is 360 g/mol. The number of benzene rings is 2. The Bertz CT molecular complexity index is 864. The highest BCUT2D eigenvalue weighted by Crippen LogP contribution is 2.25. The molecule has 1 atom stereocenters. The standard InChI is InChI=1S/C18H14ClNO5/c1-24-17(22)12-4-2-3-5-14(12)20-16(21)15-8-10-6-7-11(19)9-13(10)18(23)25-15/h2-7,9,15H,8H2,1H3,(H,20,21)/t15-/m0/s1. The number of anilines is 1. The number of halogens is 1. The molecule has 1 heterocycles. The second-order valence-electron chi connectivity index (χ2n) is 5.43. The summed E-state index contributed by atoms with van der Waals surface area (Å²) in [5.74, 6) is -1.70. The number of fused-ring (bicyclic) bond motifs is 1. The highest BCUT2D eigenvalue weighted by molar-refractivity contribution is 6.31. The third kappa shape index (κ3) is 3.49. The van der Waals surface area contributed by atoms with Crippen LogP contribution in [0, 0.1) is 0 Å². The minimum absolute atomic E-state index is 0.215. The molecule has 128 valence electrons. The van der Waals surface area contributed by atoms with Gasteiger partial charge in [-0.05, 0) is 29.8 Å². The molecule has 0 aliphatic carbocycles. The number of ether oxygens (including phenoxy) is 2. The predicted molar refractivity (Wildman–Crippen MR) is 90.8 cm³/mol. The van der Waals surface area contributed by atoms with E-state index in [-0.39, 0.29) is 17.7 Å². The van der Waals surface area contributed by atoms with Gasteiger partial charge in [-0.3, -0.25) is 4.79 Å². The molecule has 2 aromatic carbocycles. The largest absolute Gasteiger partial charge is 0.465 e. The molecule has 0 aromatic heterocycles. The number of amides is 1. The molecule has 0 unspecified atom stereocenters. The van der Waals surface area contributed by atoms with Crippen LogP contribution < -0.4 is 5.32 Å². The van der Waals surface area contributed by atoms with E-state index < -0.39 is 23.9 Å². The molecule has 0 bridgehead atoms. The van der Waals surface area contributed by atoms with E-state index >= 15 is 0 Å². The van der Waals surface area contributed by atoms with E-state index in [4.69, 9.17) is 21.1 Å². The number of hydrogen-bond donors (Lipinski definition) is 1.